The van der Waals surface area contributed by atoms with Gasteiger partial charge in [-0.1, -0.05) is 24.3 Å². The Labute approximate surface area is 176 Å². The molecule has 1 fully saturated rings. The number of fused-ring (bicyclic) bond motifs is 1. The molecule has 1 N–H and O–H groups in total. The van der Waals surface area contributed by atoms with Crippen LogP contribution < -0.4 is 10.2 Å². The molecular weight excluding hydrogens is 455 g/mol. The number of benzene rings is 1. The summed E-state index contributed by atoms with van der Waals surface area (Å²) >= 11 is 0. The average molecular weight is 480 g/mol. The molecular formula is C19H25IN6O. The number of piperazine rings is 1. The lowest BCUT2D eigenvalue weighted by atomic mass is 9.78. The van der Waals surface area contributed by atoms with Crippen LogP contribution in [0, 0.1) is 0 Å². The molecule has 8 heteroatoms. The highest BCUT2D eigenvalue weighted by atomic mass is 127. The van der Waals surface area contributed by atoms with Crippen molar-refractivity contribution >= 4 is 41.5 Å². The normalized spacial score (nSPS) is 19.3. The van der Waals surface area contributed by atoms with E-state index >= 15 is 0 Å². The number of aryl methyl sites for hydroxylation is 1. The molecule has 0 spiro atoms. The number of guanidine groups is 1. The summed E-state index contributed by atoms with van der Waals surface area (Å²) in [5.74, 6) is 1.39. The van der Waals surface area contributed by atoms with Gasteiger partial charge in [0.05, 0.1) is 11.9 Å². The molecule has 1 aliphatic carbocycles. The lowest BCUT2D eigenvalue weighted by Crippen LogP contribution is -2.55. The van der Waals surface area contributed by atoms with E-state index in [2.05, 4.69) is 39.7 Å². The fourth-order valence-electron chi connectivity index (χ4n) is 3.77. The summed E-state index contributed by atoms with van der Waals surface area (Å²) in [4.78, 5) is 20.8. The monoisotopic (exact) mass is 480 g/mol. The fraction of sp³-hybridized carbons (Fsp3) is 0.421. The van der Waals surface area contributed by atoms with Crippen LogP contribution in [0.5, 0.6) is 0 Å². The van der Waals surface area contributed by atoms with Crippen LogP contribution in [0.1, 0.15) is 17.0 Å². The van der Waals surface area contributed by atoms with Gasteiger partial charge in [-0.15, -0.1) is 24.0 Å². The minimum atomic E-state index is 0. The van der Waals surface area contributed by atoms with Gasteiger partial charge in [0.25, 0.3) is 0 Å². The smallest absolute Gasteiger partial charge is 0.246 e. The maximum Gasteiger partial charge on any atom is 0.246 e. The number of hydrogen-bond donors (Lipinski definition) is 1. The second-order valence-corrected chi connectivity index (χ2v) is 6.87. The van der Waals surface area contributed by atoms with E-state index in [1.165, 1.54) is 11.1 Å². The van der Waals surface area contributed by atoms with Crippen molar-refractivity contribution in [1.82, 2.24) is 20.0 Å². The summed E-state index contributed by atoms with van der Waals surface area (Å²) in [5.41, 5.74) is 3.72. The van der Waals surface area contributed by atoms with Crippen molar-refractivity contribution in [2.24, 2.45) is 12.0 Å². The van der Waals surface area contributed by atoms with E-state index in [1.54, 1.807) is 22.8 Å². The molecule has 2 aliphatic rings. The zero-order valence-corrected chi connectivity index (χ0v) is 18.0. The predicted octanol–water partition coefficient (Wildman–Crippen LogP) is 1.60. The van der Waals surface area contributed by atoms with Crippen LogP contribution >= 0.6 is 24.0 Å². The Balaban J connectivity index is 0.00000210. The number of amides is 1. The third-order valence-corrected chi connectivity index (χ3v) is 5.20. The topological polar surface area (TPSA) is 65.8 Å². The number of anilines is 1. The molecule has 0 saturated carbocycles. The van der Waals surface area contributed by atoms with Gasteiger partial charge in [0.15, 0.2) is 5.96 Å². The maximum absolute atomic E-state index is 12.6. The summed E-state index contributed by atoms with van der Waals surface area (Å²) < 4.78 is 1.71. The second kappa shape index (κ2) is 8.28. The molecule has 0 bridgehead atoms. The Bertz CT molecular complexity index is 848. The first kappa shape index (κ1) is 19.7. The molecule has 1 unspecified atom stereocenters. The quantitative estimate of drug-likeness (QED) is 0.412. The SMILES string of the molecule is CN=C(NCC1Cc2ccccc21)N1CCN(c2cnn(C)c2)C(=O)C1.I. The van der Waals surface area contributed by atoms with Gasteiger partial charge in [-0.25, -0.2) is 0 Å². The van der Waals surface area contributed by atoms with Gasteiger partial charge in [0.1, 0.15) is 6.54 Å². The number of nitrogens with one attached hydrogen (secondary N) is 1. The Hall–Kier alpha value is -2.10. The maximum atomic E-state index is 12.6. The molecule has 1 amide bonds. The molecule has 27 heavy (non-hydrogen) atoms. The number of halogens is 1. The van der Waals surface area contributed by atoms with Crippen molar-refractivity contribution in [2.45, 2.75) is 12.3 Å². The first-order chi connectivity index (χ1) is 12.7. The van der Waals surface area contributed by atoms with E-state index in [1.807, 2.05) is 18.1 Å². The number of carbonyl (C=O) groups is 1. The van der Waals surface area contributed by atoms with Gasteiger partial charge in [-0.3, -0.25) is 14.5 Å². The van der Waals surface area contributed by atoms with E-state index in [0.717, 1.165) is 31.2 Å². The van der Waals surface area contributed by atoms with E-state index in [0.29, 0.717) is 19.0 Å². The van der Waals surface area contributed by atoms with Crippen LogP contribution in [0.25, 0.3) is 0 Å². The molecule has 2 heterocycles. The largest absolute Gasteiger partial charge is 0.356 e. The van der Waals surface area contributed by atoms with Gasteiger partial charge in [-0.2, -0.15) is 5.10 Å². The summed E-state index contributed by atoms with van der Waals surface area (Å²) in [6, 6.07) is 8.58. The van der Waals surface area contributed by atoms with Gasteiger partial charge >= 0.3 is 0 Å². The molecule has 1 aromatic carbocycles. The molecule has 1 atom stereocenters. The number of nitrogens with zero attached hydrogens (tertiary/aromatic N) is 5. The van der Waals surface area contributed by atoms with Crippen molar-refractivity contribution in [1.29, 1.82) is 0 Å². The van der Waals surface area contributed by atoms with Crippen LogP contribution in [-0.4, -0.2) is 59.8 Å². The molecule has 1 saturated heterocycles. The van der Waals surface area contributed by atoms with Crippen LogP contribution in [0.4, 0.5) is 5.69 Å². The van der Waals surface area contributed by atoms with Crippen molar-refractivity contribution < 1.29 is 4.79 Å². The lowest BCUT2D eigenvalue weighted by molar-refractivity contribution is -0.120. The summed E-state index contributed by atoms with van der Waals surface area (Å²) in [5, 5.41) is 7.60. The number of aromatic nitrogens is 2. The third-order valence-electron chi connectivity index (χ3n) is 5.20. The average Bonchev–Trinajstić information content (AvgIpc) is 3.05. The van der Waals surface area contributed by atoms with Gasteiger partial charge in [-0.05, 0) is 17.5 Å². The van der Waals surface area contributed by atoms with Gasteiger partial charge < -0.3 is 15.1 Å². The van der Waals surface area contributed by atoms with Crippen LogP contribution in [0.15, 0.2) is 41.7 Å². The molecule has 144 valence electrons. The van der Waals surface area contributed by atoms with Crippen molar-refractivity contribution in [2.75, 3.05) is 38.1 Å². The lowest BCUT2D eigenvalue weighted by Gasteiger charge is -2.36. The molecule has 1 aliphatic heterocycles. The van der Waals surface area contributed by atoms with Crippen molar-refractivity contribution in [3.05, 3.63) is 47.8 Å². The highest BCUT2D eigenvalue weighted by molar-refractivity contribution is 14.0. The first-order valence-electron chi connectivity index (χ1n) is 8.98. The Morgan fingerprint density at radius 2 is 2.15 bits per heavy atom. The second-order valence-electron chi connectivity index (χ2n) is 6.87. The number of hydrogen-bond acceptors (Lipinski definition) is 3. The minimum absolute atomic E-state index is 0. The Morgan fingerprint density at radius 1 is 1.33 bits per heavy atom. The van der Waals surface area contributed by atoms with Crippen LogP contribution in [-0.2, 0) is 18.3 Å². The van der Waals surface area contributed by atoms with Gasteiger partial charge in [0.2, 0.25) is 5.91 Å². The molecule has 0 radical (unpaired) electrons. The van der Waals surface area contributed by atoms with Crippen molar-refractivity contribution in [3.63, 3.8) is 0 Å². The summed E-state index contributed by atoms with van der Waals surface area (Å²) in [7, 11) is 3.63. The first-order valence-corrected chi connectivity index (χ1v) is 8.98. The zero-order chi connectivity index (χ0) is 18.1. The third kappa shape index (κ3) is 3.95. The van der Waals surface area contributed by atoms with E-state index < -0.39 is 0 Å². The summed E-state index contributed by atoms with van der Waals surface area (Å²) in [6.07, 6.45) is 4.71. The Morgan fingerprint density at radius 3 is 2.81 bits per heavy atom. The molecule has 1 aromatic heterocycles. The molecule has 2 aromatic rings. The van der Waals surface area contributed by atoms with Crippen LogP contribution in [0.2, 0.25) is 0 Å². The number of rotatable bonds is 3. The number of aliphatic imine (C=N–C) groups is 1. The molecule has 7 nitrogen and oxygen atoms in total. The van der Waals surface area contributed by atoms with E-state index in [4.69, 9.17) is 0 Å². The molecule has 4 rings (SSSR count). The van der Waals surface area contributed by atoms with Gasteiger partial charge in [0, 0.05) is 45.8 Å². The number of carbonyl (C=O) groups excluding carboxylic acids is 1. The van der Waals surface area contributed by atoms with E-state index in [9.17, 15) is 4.79 Å². The summed E-state index contributed by atoms with van der Waals surface area (Å²) in [6.45, 7) is 2.57. The van der Waals surface area contributed by atoms with Crippen LogP contribution in [0.3, 0.4) is 0 Å². The minimum Gasteiger partial charge on any atom is -0.356 e. The highest BCUT2D eigenvalue weighted by Gasteiger charge is 2.29. The fourth-order valence-corrected chi connectivity index (χ4v) is 3.77. The highest BCUT2D eigenvalue weighted by Crippen LogP contribution is 2.34. The predicted molar refractivity (Wildman–Crippen MR) is 117 cm³/mol. The van der Waals surface area contributed by atoms with Crippen molar-refractivity contribution in [3.8, 4) is 0 Å². The van der Waals surface area contributed by atoms with E-state index in [-0.39, 0.29) is 29.9 Å². The zero-order valence-electron chi connectivity index (χ0n) is 15.6. The Kier molecular flexibility index (Phi) is 6.03. The standard InChI is InChI=1S/C19H24N6O.HI/c1-20-19(21-10-15-9-14-5-3-4-6-17(14)15)24-7-8-25(18(26)13-24)16-11-22-23(2)12-16;/h3-6,11-12,15H,7-10,13H2,1-2H3,(H,20,21);1H.